The summed E-state index contributed by atoms with van der Waals surface area (Å²) in [4.78, 5) is 43.3. The molecule has 0 radical (unpaired) electrons. The van der Waals surface area contributed by atoms with Crippen molar-refractivity contribution in [3.63, 3.8) is 0 Å². The molecule has 234 valence electrons. The third kappa shape index (κ3) is 5.93. The first-order valence-corrected chi connectivity index (χ1v) is 15.4. The molecule has 0 fully saturated rings. The number of carbonyl (C=O) groups excluding carboxylic acids is 1. The molecule has 1 atom stereocenters. The number of fused-ring (bicyclic) bond motifs is 1. The van der Waals surface area contributed by atoms with Crippen LogP contribution < -0.4 is 24.4 Å². The molecule has 0 unspecified atom stereocenters. The lowest BCUT2D eigenvalue weighted by molar-refractivity contribution is -0.384. The summed E-state index contributed by atoms with van der Waals surface area (Å²) in [6.45, 7) is 12.1. The second-order valence-corrected chi connectivity index (χ2v) is 11.3. The Morgan fingerprint density at radius 2 is 1.69 bits per heavy atom. The fourth-order valence-corrected chi connectivity index (χ4v) is 6.58. The molecule has 0 saturated carbocycles. The number of hydrogen-bond acceptors (Lipinski definition) is 9. The normalized spacial score (nSPS) is 14.6. The predicted molar refractivity (Wildman–Crippen MR) is 171 cm³/mol. The van der Waals surface area contributed by atoms with E-state index in [0.717, 1.165) is 22.6 Å². The average Bonchev–Trinajstić information content (AvgIpc) is 3.46. The van der Waals surface area contributed by atoms with Crippen LogP contribution in [-0.4, -0.2) is 39.8 Å². The fraction of sp³-hybridized carbons (Fsp3) is 0.303. The summed E-state index contributed by atoms with van der Waals surface area (Å²) in [5.74, 6) is 0.532. The van der Waals surface area contributed by atoms with Crippen molar-refractivity contribution in [1.29, 1.82) is 0 Å². The zero-order chi connectivity index (χ0) is 32.4. The van der Waals surface area contributed by atoms with Gasteiger partial charge in [0.15, 0.2) is 16.3 Å². The van der Waals surface area contributed by atoms with E-state index < -0.39 is 16.9 Å². The second-order valence-electron chi connectivity index (χ2n) is 10.3. The van der Waals surface area contributed by atoms with Gasteiger partial charge in [0.25, 0.3) is 11.2 Å². The molecule has 0 spiro atoms. The average molecular weight is 631 g/mol. The van der Waals surface area contributed by atoms with Crippen molar-refractivity contribution in [2.45, 2.75) is 47.6 Å². The molecular formula is C33H34N4O7S. The lowest BCUT2D eigenvalue weighted by Crippen LogP contribution is -2.40. The molecule has 3 heterocycles. The summed E-state index contributed by atoms with van der Waals surface area (Å²) in [5.41, 5.74) is 4.45. The Kier molecular flexibility index (Phi) is 9.05. The highest BCUT2D eigenvalue weighted by atomic mass is 32.1. The Bertz CT molecular complexity index is 2000. The van der Waals surface area contributed by atoms with Crippen LogP contribution in [0.3, 0.4) is 0 Å². The topological polar surface area (TPSA) is 127 Å². The van der Waals surface area contributed by atoms with E-state index in [4.69, 9.17) is 14.2 Å². The van der Waals surface area contributed by atoms with Gasteiger partial charge in [0.05, 0.1) is 46.6 Å². The summed E-state index contributed by atoms with van der Waals surface area (Å²) in [6, 6.07) is 12.9. The number of nitrogens with zero attached hydrogens (tertiary/aromatic N) is 4. The van der Waals surface area contributed by atoms with Crippen LogP contribution >= 0.6 is 11.3 Å². The largest absolute Gasteiger partial charge is 0.490 e. The maximum Gasteiger partial charge on any atom is 0.338 e. The van der Waals surface area contributed by atoms with Crippen LogP contribution in [-0.2, 0) is 9.53 Å². The number of aromatic nitrogens is 2. The van der Waals surface area contributed by atoms with Crippen molar-refractivity contribution in [3.8, 4) is 17.2 Å². The zero-order valence-electron chi connectivity index (χ0n) is 25.9. The smallest absolute Gasteiger partial charge is 0.338 e. The van der Waals surface area contributed by atoms with Gasteiger partial charge in [-0.2, -0.15) is 0 Å². The summed E-state index contributed by atoms with van der Waals surface area (Å²) in [7, 11) is 0. The van der Waals surface area contributed by atoms with Crippen LogP contribution in [0.5, 0.6) is 11.5 Å². The molecule has 1 aliphatic rings. The van der Waals surface area contributed by atoms with Gasteiger partial charge in [-0.15, -0.1) is 0 Å². The van der Waals surface area contributed by atoms with Gasteiger partial charge in [-0.05, 0) is 89.1 Å². The van der Waals surface area contributed by atoms with E-state index in [1.165, 1.54) is 28.0 Å². The Balaban J connectivity index is 1.67. The minimum absolute atomic E-state index is 0.00971. The lowest BCUT2D eigenvalue weighted by Gasteiger charge is -2.25. The van der Waals surface area contributed by atoms with Crippen molar-refractivity contribution in [2.24, 2.45) is 4.99 Å². The summed E-state index contributed by atoms with van der Waals surface area (Å²) in [6.07, 6.45) is 1.82. The van der Waals surface area contributed by atoms with Crippen molar-refractivity contribution >= 4 is 29.1 Å². The quantitative estimate of drug-likeness (QED) is 0.138. The number of hydrogen-bond donors (Lipinski definition) is 0. The van der Waals surface area contributed by atoms with Crippen LogP contribution in [0.2, 0.25) is 0 Å². The first-order valence-electron chi connectivity index (χ1n) is 14.6. The maximum atomic E-state index is 14.2. The Morgan fingerprint density at radius 1 is 1.00 bits per heavy atom. The highest BCUT2D eigenvalue weighted by molar-refractivity contribution is 7.07. The van der Waals surface area contributed by atoms with Gasteiger partial charge in [-0.1, -0.05) is 17.4 Å². The molecule has 12 heteroatoms. The standard InChI is InChI=1S/C33H34N4O7S/c1-7-42-26-15-10-22(17-27(26)43-8-2)30-29(32(39)44-9-3)20(5)34-33-36(30)31(38)28(45-33)18-23-16-19(4)35(21(23)6)24-11-13-25(14-12-24)37(40)41/h10-18,30H,7-9H2,1-6H3/b28-18-/t30-/m1/s1. The molecule has 1 aliphatic heterocycles. The van der Waals surface area contributed by atoms with Crippen LogP contribution in [0.25, 0.3) is 11.8 Å². The molecule has 0 amide bonds. The number of ether oxygens (including phenoxy) is 3. The fourth-order valence-electron chi connectivity index (χ4n) is 5.54. The molecule has 45 heavy (non-hydrogen) atoms. The van der Waals surface area contributed by atoms with E-state index in [9.17, 15) is 19.7 Å². The predicted octanol–water partition coefficient (Wildman–Crippen LogP) is 4.91. The Hall–Kier alpha value is -4.97. The number of allylic oxidation sites excluding steroid dienone is 1. The third-order valence-electron chi connectivity index (χ3n) is 7.48. The number of nitro benzene ring substituents is 1. The molecular weight excluding hydrogens is 596 g/mol. The van der Waals surface area contributed by atoms with Gasteiger partial charge in [-0.25, -0.2) is 9.79 Å². The highest BCUT2D eigenvalue weighted by Crippen LogP contribution is 2.36. The van der Waals surface area contributed by atoms with Crippen molar-refractivity contribution < 1.29 is 23.9 Å². The number of non-ortho nitro benzene ring substituents is 1. The van der Waals surface area contributed by atoms with Gasteiger partial charge in [0, 0.05) is 29.2 Å². The first kappa shape index (κ1) is 31.5. The van der Waals surface area contributed by atoms with Gasteiger partial charge < -0.3 is 18.8 Å². The SMILES string of the molecule is CCOC(=O)C1=C(C)N=c2s/c(=C\c3cc(C)n(-c4ccc([N+](=O)[O-])cc4)c3C)c(=O)n2[C@@H]1c1ccc(OCC)c(OCC)c1. The summed E-state index contributed by atoms with van der Waals surface area (Å²) in [5, 5.41) is 11.1. The first-order chi connectivity index (χ1) is 21.6. The molecule has 0 bridgehead atoms. The minimum atomic E-state index is -0.801. The monoisotopic (exact) mass is 630 g/mol. The Labute approximate surface area is 263 Å². The number of thiazole rings is 1. The molecule has 0 saturated heterocycles. The number of nitro groups is 1. The van der Waals surface area contributed by atoms with Crippen molar-refractivity contribution in [1.82, 2.24) is 9.13 Å². The Morgan fingerprint density at radius 3 is 2.33 bits per heavy atom. The third-order valence-corrected chi connectivity index (χ3v) is 8.46. The van der Waals surface area contributed by atoms with Crippen molar-refractivity contribution in [3.05, 3.63) is 112 Å². The number of aryl methyl sites for hydroxylation is 1. The van der Waals surface area contributed by atoms with E-state index in [1.807, 2.05) is 50.5 Å². The zero-order valence-corrected chi connectivity index (χ0v) is 26.8. The molecule has 5 rings (SSSR count). The van der Waals surface area contributed by atoms with E-state index in [1.54, 1.807) is 38.1 Å². The highest BCUT2D eigenvalue weighted by Gasteiger charge is 2.34. The lowest BCUT2D eigenvalue weighted by atomic mass is 9.95. The van der Waals surface area contributed by atoms with Gasteiger partial charge >= 0.3 is 5.97 Å². The van der Waals surface area contributed by atoms with E-state index in [0.29, 0.717) is 45.3 Å². The molecule has 2 aromatic heterocycles. The number of rotatable bonds is 10. The number of esters is 1. The molecule has 2 aromatic carbocycles. The molecule has 0 aliphatic carbocycles. The maximum absolute atomic E-state index is 14.2. The van der Waals surface area contributed by atoms with Gasteiger partial charge in [0.2, 0.25) is 0 Å². The van der Waals surface area contributed by atoms with Gasteiger partial charge in [0.1, 0.15) is 0 Å². The van der Waals surface area contributed by atoms with Crippen LogP contribution in [0.1, 0.15) is 56.3 Å². The molecule has 0 N–H and O–H groups in total. The van der Waals surface area contributed by atoms with Gasteiger partial charge in [-0.3, -0.25) is 19.5 Å². The van der Waals surface area contributed by atoms with Crippen molar-refractivity contribution in [2.75, 3.05) is 19.8 Å². The van der Waals surface area contributed by atoms with E-state index in [-0.39, 0.29) is 23.4 Å². The van der Waals surface area contributed by atoms with E-state index >= 15 is 0 Å². The number of benzene rings is 2. The minimum Gasteiger partial charge on any atom is -0.490 e. The molecule has 4 aromatic rings. The van der Waals surface area contributed by atoms with Crippen LogP contribution in [0, 0.1) is 24.0 Å². The summed E-state index contributed by atoms with van der Waals surface area (Å²) >= 11 is 1.24. The molecule has 11 nitrogen and oxygen atoms in total. The second kappa shape index (κ2) is 12.9. The van der Waals surface area contributed by atoms with E-state index in [2.05, 4.69) is 4.99 Å². The number of carbonyl (C=O) groups is 1. The van der Waals surface area contributed by atoms with Crippen LogP contribution in [0.15, 0.2) is 69.6 Å². The summed E-state index contributed by atoms with van der Waals surface area (Å²) < 4.78 is 21.0. The van der Waals surface area contributed by atoms with Crippen LogP contribution in [0.4, 0.5) is 5.69 Å².